The number of allylic oxidation sites excluding steroid dienone is 1. The smallest absolute Gasteiger partial charge is 0.343 e. The first-order valence-corrected chi connectivity index (χ1v) is 6.08. The highest BCUT2D eigenvalue weighted by atomic mass is 16.4. The van der Waals surface area contributed by atoms with Gasteiger partial charge in [-0.1, -0.05) is 0 Å². The monoisotopic (exact) mass is 260 g/mol. The van der Waals surface area contributed by atoms with Gasteiger partial charge in [-0.05, 0) is 36.5 Å². The van der Waals surface area contributed by atoms with Gasteiger partial charge in [-0.15, -0.1) is 0 Å². The summed E-state index contributed by atoms with van der Waals surface area (Å²) in [4.78, 5) is 22.9. The van der Waals surface area contributed by atoms with Gasteiger partial charge in [0.15, 0.2) is 0 Å². The molecule has 19 heavy (non-hydrogen) atoms. The quantitative estimate of drug-likeness (QED) is 0.805. The third-order valence-electron chi connectivity index (χ3n) is 3.58. The molecule has 0 aliphatic heterocycles. The number of hydrogen-bond donors (Lipinski definition) is 2. The fourth-order valence-electron chi connectivity index (χ4n) is 2.62. The Hall–Kier alpha value is -2.30. The molecule has 5 heteroatoms. The first-order valence-electron chi connectivity index (χ1n) is 6.08. The topological polar surface area (TPSA) is 87.7 Å². The molecule has 0 radical (unpaired) electrons. The maximum absolute atomic E-state index is 11.9. The number of carbonyl (C=O) groups is 1. The van der Waals surface area contributed by atoms with Gasteiger partial charge in [-0.3, -0.25) is 0 Å². The highest BCUT2D eigenvalue weighted by molar-refractivity contribution is 5.93. The van der Waals surface area contributed by atoms with Crippen LogP contribution in [0.4, 0.5) is 0 Å². The van der Waals surface area contributed by atoms with Crippen LogP contribution < -0.4 is 5.63 Å². The Kier molecular flexibility index (Phi) is 2.55. The van der Waals surface area contributed by atoms with Gasteiger partial charge < -0.3 is 14.6 Å². The minimum absolute atomic E-state index is 0.202. The van der Waals surface area contributed by atoms with Gasteiger partial charge in [0.2, 0.25) is 0 Å². The number of aliphatic hydroxyl groups excluding tert-OH is 1. The van der Waals surface area contributed by atoms with Crippen LogP contribution in [0.3, 0.4) is 0 Å². The van der Waals surface area contributed by atoms with Crippen LogP contribution in [-0.2, 0) is 17.6 Å². The van der Waals surface area contributed by atoms with Crippen LogP contribution in [0.1, 0.15) is 35.3 Å². The van der Waals surface area contributed by atoms with Gasteiger partial charge in [0.1, 0.15) is 5.76 Å². The molecule has 1 aromatic heterocycles. The lowest BCUT2D eigenvalue weighted by Gasteiger charge is -2.20. The van der Waals surface area contributed by atoms with E-state index in [0.717, 1.165) is 11.1 Å². The van der Waals surface area contributed by atoms with Crippen LogP contribution in [0, 0.1) is 0 Å². The fourth-order valence-corrected chi connectivity index (χ4v) is 2.62. The van der Waals surface area contributed by atoms with E-state index in [4.69, 9.17) is 9.52 Å². The van der Waals surface area contributed by atoms with E-state index >= 15 is 0 Å². The molecule has 0 aromatic carbocycles. The zero-order valence-corrected chi connectivity index (χ0v) is 10.1. The molecule has 0 amide bonds. The standard InChI is InChI=1S/C14H12O5/c15-8-2-4-10-9-3-1-7(13(16)17)5-11(9)14(18)19-12(10)6-8/h5-6,15H,1-4H2,(H,16,17). The SMILES string of the molecule is O=C(O)C1=Cc2c(c3c(oc2=O)C=C(O)CC3)CC1. The first kappa shape index (κ1) is 11.8. The molecule has 5 nitrogen and oxygen atoms in total. The Balaban J connectivity index is 2.23. The average Bonchev–Trinajstić information content (AvgIpc) is 2.38. The minimum atomic E-state index is -1.000. The number of rotatable bonds is 1. The van der Waals surface area contributed by atoms with Gasteiger partial charge in [0.05, 0.1) is 11.3 Å². The Labute approximate surface area is 108 Å². The van der Waals surface area contributed by atoms with E-state index in [1.165, 1.54) is 12.2 Å². The molecule has 1 heterocycles. The van der Waals surface area contributed by atoms with Crippen molar-refractivity contribution in [1.82, 2.24) is 0 Å². The number of aliphatic carboxylic acids is 1. The molecule has 0 saturated heterocycles. The van der Waals surface area contributed by atoms with E-state index < -0.39 is 11.6 Å². The highest BCUT2D eigenvalue weighted by Crippen LogP contribution is 2.31. The number of fused-ring (bicyclic) bond motifs is 3. The van der Waals surface area contributed by atoms with Crippen LogP contribution in [0.15, 0.2) is 20.5 Å². The Morgan fingerprint density at radius 1 is 1.11 bits per heavy atom. The lowest BCUT2D eigenvalue weighted by Crippen LogP contribution is -2.19. The third-order valence-corrected chi connectivity index (χ3v) is 3.58. The second-order valence-electron chi connectivity index (χ2n) is 4.73. The summed E-state index contributed by atoms with van der Waals surface area (Å²) in [7, 11) is 0. The molecule has 0 bridgehead atoms. The van der Waals surface area contributed by atoms with Gasteiger partial charge in [0, 0.05) is 18.1 Å². The van der Waals surface area contributed by atoms with Crippen molar-refractivity contribution in [3.05, 3.63) is 44.2 Å². The lowest BCUT2D eigenvalue weighted by molar-refractivity contribution is -0.132. The van der Waals surface area contributed by atoms with Crippen LogP contribution in [0.25, 0.3) is 12.2 Å². The molecular weight excluding hydrogens is 248 g/mol. The van der Waals surface area contributed by atoms with Crippen LogP contribution >= 0.6 is 0 Å². The summed E-state index contributed by atoms with van der Waals surface area (Å²) < 4.78 is 5.17. The van der Waals surface area contributed by atoms with Crippen molar-refractivity contribution in [3.8, 4) is 0 Å². The molecule has 3 rings (SSSR count). The van der Waals surface area contributed by atoms with E-state index in [0.29, 0.717) is 37.0 Å². The molecule has 0 atom stereocenters. The zero-order chi connectivity index (χ0) is 13.6. The maximum atomic E-state index is 11.9. The van der Waals surface area contributed by atoms with Crippen molar-refractivity contribution in [3.63, 3.8) is 0 Å². The van der Waals surface area contributed by atoms with E-state index in [1.54, 1.807) is 0 Å². The zero-order valence-electron chi connectivity index (χ0n) is 10.1. The van der Waals surface area contributed by atoms with E-state index in [9.17, 15) is 14.7 Å². The van der Waals surface area contributed by atoms with E-state index in [1.807, 2.05) is 0 Å². The van der Waals surface area contributed by atoms with Crippen molar-refractivity contribution < 1.29 is 19.4 Å². The summed E-state index contributed by atoms with van der Waals surface area (Å²) in [5, 5.41) is 18.5. The number of carboxylic acids is 1. The number of hydrogen-bond acceptors (Lipinski definition) is 4. The molecule has 98 valence electrons. The molecule has 0 saturated carbocycles. The molecule has 0 spiro atoms. The molecule has 0 unspecified atom stereocenters. The summed E-state index contributed by atoms with van der Waals surface area (Å²) in [6.45, 7) is 0. The van der Waals surface area contributed by atoms with Gasteiger partial charge in [0.25, 0.3) is 0 Å². The summed E-state index contributed by atoms with van der Waals surface area (Å²) in [6.07, 6.45) is 4.94. The third kappa shape index (κ3) is 1.87. The Morgan fingerprint density at radius 3 is 2.58 bits per heavy atom. The van der Waals surface area contributed by atoms with E-state index in [2.05, 4.69) is 0 Å². The predicted molar refractivity (Wildman–Crippen MR) is 67.8 cm³/mol. The normalized spacial score (nSPS) is 17.1. The largest absolute Gasteiger partial charge is 0.512 e. The maximum Gasteiger partial charge on any atom is 0.343 e. The predicted octanol–water partition coefficient (Wildman–Crippen LogP) is 1.90. The van der Waals surface area contributed by atoms with Crippen molar-refractivity contribution in [2.45, 2.75) is 25.7 Å². The highest BCUT2D eigenvalue weighted by Gasteiger charge is 2.25. The fraction of sp³-hybridized carbons (Fsp3) is 0.286. The van der Waals surface area contributed by atoms with Crippen LogP contribution in [0.5, 0.6) is 0 Å². The van der Waals surface area contributed by atoms with Crippen LogP contribution in [0.2, 0.25) is 0 Å². The summed E-state index contributed by atoms with van der Waals surface area (Å²) in [5.74, 6) is -0.395. The first-order chi connectivity index (χ1) is 9.06. The molecule has 2 aliphatic rings. The van der Waals surface area contributed by atoms with Crippen molar-refractivity contribution in [2.75, 3.05) is 0 Å². The van der Waals surface area contributed by atoms with Crippen LogP contribution in [-0.4, -0.2) is 16.2 Å². The molecule has 0 fully saturated rings. The second kappa shape index (κ2) is 4.12. The molecular formula is C14H12O5. The van der Waals surface area contributed by atoms with Gasteiger partial charge in [-0.2, -0.15) is 0 Å². The van der Waals surface area contributed by atoms with Gasteiger partial charge in [-0.25, -0.2) is 9.59 Å². The molecule has 1 aromatic rings. The number of aliphatic hydroxyl groups is 1. The second-order valence-corrected chi connectivity index (χ2v) is 4.73. The summed E-state index contributed by atoms with van der Waals surface area (Å²) >= 11 is 0. The van der Waals surface area contributed by atoms with E-state index in [-0.39, 0.29) is 11.3 Å². The summed E-state index contributed by atoms with van der Waals surface area (Å²) in [6, 6.07) is 0. The Morgan fingerprint density at radius 2 is 1.84 bits per heavy atom. The van der Waals surface area contributed by atoms with Crippen molar-refractivity contribution in [2.24, 2.45) is 0 Å². The lowest BCUT2D eigenvalue weighted by atomic mass is 9.86. The number of carboxylic acid groups (broad SMARTS) is 1. The Bertz CT molecular complexity index is 691. The summed E-state index contributed by atoms with van der Waals surface area (Å²) in [5.41, 5.74) is 1.80. The average molecular weight is 260 g/mol. The van der Waals surface area contributed by atoms with Crippen molar-refractivity contribution >= 4 is 18.1 Å². The molecule has 2 aliphatic carbocycles. The molecule has 2 N–H and O–H groups in total. The van der Waals surface area contributed by atoms with Crippen molar-refractivity contribution in [1.29, 1.82) is 0 Å². The van der Waals surface area contributed by atoms with Gasteiger partial charge >= 0.3 is 11.6 Å². The minimum Gasteiger partial charge on any atom is -0.512 e.